The molecule has 166 valence electrons. The summed E-state index contributed by atoms with van der Waals surface area (Å²) in [6.45, 7) is 11.2. The van der Waals surface area contributed by atoms with Crippen LogP contribution in [0.4, 0.5) is 5.00 Å². The summed E-state index contributed by atoms with van der Waals surface area (Å²) in [6.07, 6.45) is 2.93. The molecule has 1 aromatic heterocycles. The van der Waals surface area contributed by atoms with Gasteiger partial charge in [0.05, 0.1) is 18.8 Å². The first-order chi connectivity index (χ1) is 14.7. The first-order valence-corrected chi connectivity index (χ1v) is 12.0. The van der Waals surface area contributed by atoms with Crippen molar-refractivity contribution >= 4 is 28.2 Å². The van der Waals surface area contributed by atoms with E-state index in [1.165, 1.54) is 4.88 Å². The Bertz CT molecular complexity index is 966. The number of carbonyl (C=O) groups is 2. The van der Waals surface area contributed by atoms with Crippen LogP contribution in [0.1, 0.15) is 63.9 Å². The Balaban J connectivity index is 1.67. The summed E-state index contributed by atoms with van der Waals surface area (Å²) in [5.41, 5.74) is 3.78. The topological polar surface area (TPSA) is 58.6 Å². The van der Waals surface area contributed by atoms with Crippen LogP contribution < -0.4 is 5.32 Å². The maximum Gasteiger partial charge on any atom is 0.257 e. The highest BCUT2D eigenvalue weighted by atomic mass is 32.1. The summed E-state index contributed by atoms with van der Waals surface area (Å²) in [5.74, 6) is 0.432. The predicted octanol–water partition coefficient (Wildman–Crippen LogP) is 4.93. The molecule has 1 saturated heterocycles. The molecule has 0 saturated carbocycles. The minimum Gasteiger partial charge on any atom is -0.378 e. The minimum atomic E-state index is -0.165. The zero-order valence-corrected chi connectivity index (χ0v) is 19.7. The van der Waals surface area contributed by atoms with Crippen LogP contribution in [0.3, 0.4) is 0 Å². The van der Waals surface area contributed by atoms with E-state index in [9.17, 15) is 9.59 Å². The van der Waals surface area contributed by atoms with Crippen LogP contribution in [0.5, 0.6) is 0 Å². The molecule has 0 unspecified atom stereocenters. The summed E-state index contributed by atoms with van der Waals surface area (Å²) in [7, 11) is 0. The van der Waals surface area contributed by atoms with Gasteiger partial charge < -0.3 is 15.0 Å². The monoisotopic (exact) mass is 440 g/mol. The number of aryl methyl sites for hydroxylation is 1. The molecule has 1 atom stereocenters. The Hall–Kier alpha value is -2.18. The summed E-state index contributed by atoms with van der Waals surface area (Å²) < 4.78 is 5.43. The van der Waals surface area contributed by atoms with Crippen molar-refractivity contribution in [3.05, 3.63) is 51.4 Å². The van der Waals surface area contributed by atoms with Crippen LogP contribution >= 0.6 is 11.3 Å². The lowest BCUT2D eigenvalue weighted by Gasteiger charge is -2.34. The average molecular weight is 441 g/mol. The maximum absolute atomic E-state index is 13.5. The number of rotatable bonds is 3. The standard InChI is InChI=1S/C25H32N2O3S/c1-16-5-7-17(8-6-16)22(28)26-23-21(24(29)27-11-13-30-14-12-27)19-10-9-18(25(2,3)4)15-20(19)31-23/h5-8,18H,9-15H2,1-4H3,(H,26,28)/t18-/m1/s1. The van der Waals surface area contributed by atoms with E-state index in [0.717, 1.165) is 30.4 Å². The van der Waals surface area contributed by atoms with Gasteiger partial charge in [-0.2, -0.15) is 0 Å². The number of nitrogens with one attached hydrogen (secondary N) is 1. The lowest BCUT2D eigenvalue weighted by atomic mass is 9.72. The molecule has 1 aliphatic heterocycles. The highest BCUT2D eigenvalue weighted by Crippen LogP contribution is 2.44. The Labute approximate surface area is 188 Å². The van der Waals surface area contributed by atoms with Crippen molar-refractivity contribution in [3.8, 4) is 0 Å². The Morgan fingerprint density at radius 3 is 2.45 bits per heavy atom. The van der Waals surface area contributed by atoms with Gasteiger partial charge in [-0.25, -0.2) is 0 Å². The van der Waals surface area contributed by atoms with Gasteiger partial charge in [0.1, 0.15) is 5.00 Å². The number of hydrogen-bond donors (Lipinski definition) is 1. The van der Waals surface area contributed by atoms with E-state index < -0.39 is 0 Å². The fourth-order valence-electron chi connectivity index (χ4n) is 4.44. The molecule has 5 nitrogen and oxygen atoms in total. The number of benzene rings is 1. The van der Waals surface area contributed by atoms with Crippen LogP contribution in [-0.2, 0) is 17.6 Å². The number of carbonyl (C=O) groups excluding carboxylic acids is 2. The third kappa shape index (κ3) is 4.70. The van der Waals surface area contributed by atoms with Gasteiger partial charge in [0.2, 0.25) is 0 Å². The van der Waals surface area contributed by atoms with E-state index in [1.54, 1.807) is 11.3 Å². The van der Waals surface area contributed by atoms with E-state index >= 15 is 0 Å². The third-order valence-electron chi connectivity index (χ3n) is 6.54. The zero-order valence-electron chi connectivity index (χ0n) is 18.9. The maximum atomic E-state index is 13.5. The first kappa shape index (κ1) is 22.0. The molecule has 0 radical (unpaired) electrons. The van der Waals surface area contributed by atoms with Crippen molar-refractivity contribution in [2.75, 3.05) is 31.6 Å². The van der Waals surface area contributed by atoms with Gasteiger partial charge in [-0.15, -0.1) is 11.3 Å². The number of amides is 2. The molecule has 1 aliphatic carbocycles. The van der Waals surface area contributed by atoms with E-state index in [1.807, 2.05) is 36.1 Å². The molecule has 31 heavy (non-hydrogen) atoms. The molecule has 1 N–H and O–H groups in total. The average Bonchev–Trinajstić information content (AvgIpc) is 3.10. The lowest BCUT2D eigenvalue weighted by Crippen LogP contribution is -2.41. The van der Waals surface area contributed by atoms with Crippen molar-refractivity contribution in [1.29, 1.82) is 0 Å². The number of anilines is 1. The van der Waals surface area contributed by atoms with Crippen molar-refractivity contribution in [1.82, 2.24) is 4.90 Å². The van der Waals surface area contributed by atoms with Gasteiger partial charge in [-0.3, -0.25) is 9.59 Å². The summed E-state index contributed by atoms with van der Waals surface area (Å²) in [5, 5.41) is 3.77. The van der Waals surface area contributed by atoms with Crippen molar-refractivity contribution in [2.45, 2.75) is 47.0 Å². The Morgan fingerprint density at radius 1 is 1.13 bits per heavy atom. The molecule has 0 spiro atoms. The SMILES string of the molecule is Cc1ccc(C(=O)Nc2sc3c(c2C(=O)N2CCOCC2)CC[C@@H](C(C)(C)C)C3)cc1. The van der Waals surface area contributed by atoms with Gasteiger partial charge in [0.25, 0.3) is 11.8 Å². The number of fused-ring (bicyclic) bond motifs is 1. The molecule has 2 amide bonds. The van der Waals surface area contributed by atoms with Crippen molar-refractivity contribution in [3.63, 3.8) is 0 Å². The number of hydrogen-bond acceptors (Lipinski definition) is 4. The van der Waals surface area contributed by atoms with Gasteiger partial charge >= 0.3 is 0 Å². The second kappa shape index (κ2) is 8.75. The number of thiophene rings is 1. The van der Waals surface area contributed by atoms with Crippen LogP contribution in [0.15, 0.2) is 24.3 Å². The van der Waals surface area contributed by atoms with Crippen LogP contribution in [0.25, 0.3) is 0 Å². The number of morpholine rings is 1. The molecule has 1 aromatic carbocycles. The van der Waals surface area contributed by atoms with Gasteiger partial charge in [0.15, 0.2) is 0 Å². The molecule has 2 aromatic rings. The molecular weight excluding hydrogens is 408 g/mol. The first-order valence-electron chi connectivity index (χ1n) is 11.1. The van der Waals surface area contributed by atoms with Crippen molar-refractivity contribution < 1.29 is 14.3 Å². The smallest absolute Gasteiger partial charge is 0.257 e. The van der Waals surface area contributed by atoms with Crippen LogP contribution in [0.2, 0.25) is 0 Å². The van der Waals surface area contributed by atoms with E-state index in [-0.39, 0.29) is 17.2 Å². The second-order valence-electron chi connectivity index (χ2n) is 9.74. The van der Waals surface area contributed by atoms with E-state index in [4.69, 9.17) is 4.74 Å². The normalized spacial score (nSPS) is 19.1. The quantitative estimate of drug-likeness (QED) is 0.736. The molecule has 1 fully saturated rings. The number of nitrogens with zero attached hydrogens (tertiary/aromatic N) is 1. The fourth-order valence-corrected chi connectivity index (χ4v) is 5.76. The fraction of sp³-hybridized carbons (Fsp3) is 0.520. The largest absolute Gasteiger partial charge is 0.378 e. The molecule has 2 heterocycles. The lowest BCUT2D eigenvalue weighted by molar-refractivity contribution is 0.0303. The summed E-state index contributed by atoms with van der Waals surface area (Å²) in [4.78, 5) is 29.6. The highest BCUT2D eigenvalue weighted by Gasteiger charge is 2.35. The van der Waals surface area contributed by atoms with Crippen molar-refractivity contribution in [2.24, 2.45) is 11.3 Å². The molecular formula is C25H32N2O3S. The van der Waals surface area contributed by atoms with E-state index in [0.29, 0.717) is 48.3 Å². The van der Waals surface area contributed by atoms with Crippen LogP contribution in [0, 0.1) is 18.3 Å². The van der Waals surface area contributed by atoms with Gasteiger partial charge in [-0.05, 0) is 55.2 Å². The highest BCUT2D eigenvalue weighted by molar-refractivity contribution is 7.17. The summed E-state index contributed by atoms with van der Waals surface area (Å²) in [6, 6.07) is 7.53. The Kier molecular flexibility index (Phi) is 6.22. The number of ether oxygens (including phenoxy) is 1. The predicted molar refractivity (Wildman–Crippen MR) is 125 cm³/mol. The minimum absolute atomic E-state index is 0.0224. The zero-order chi connectivity index (χ0) is 22.2. The second-order valence-corrected chi connectivity index (χ2v) is 10.8. The molecule has 6 heteroatoms. The molecule has 2 aliphatic rings. The molecule has 4 rings (SSSR count). The van der Waals surface area contributed by atoms with Gasteiger partial charge in [0, 0.05) is 23.5 Å². The summed E-state index contributed by atoms with van der Waals surface area (Å²) >= 11 is 1.59. The Morgan fingerprint density at radius 2 is 1.81 bits per heavy atom. The van der Waals surface area contributed by atoms with Gasteiger partial charge in [-0.1, -0.05) is 38.5 Å². The van der Waals surface area contributed by atoms with E-state index in [2.05, 4.69) is 26.1 Å². The third-order valence-corrected chi connectivity index (χ3v) is 7.71. The van der Waals surface area contributed by atoms with Crippen LogP contribution in [-0.4, -0.2) is 43.0 Å². The molecule has 0 bridgehead atoms.